The molecular weight excluding hydrogens is 316 g/mol. The van der Waals surface area contributed by atoms with Crippen molar-refractivity contribution in [3.8, 4) is 11.8 Å². The first kappa shape index (κ1) is 18.9. The number of aromatic nitrogens is 2. The second kappa shape index (κ2) is 7.39. The number of halogens is 1. The summed E-state index contributed by atoms with van der Waals surface area (Å²) in [5.74, 6) is 6.83. The molecule has 3 nitrogen and oxygen atoms in total. The molecule has 1 aromatic rings. The Kier molecular flexibility index (Phi) is 6.34. The summed E-state index contributed by atoms with van der Waals surface area (Å²) in [6, 6.07) is 0. The summed E-state index contributed by atoms with van der Waals surface area (Å²) < 4.78 is 1.41. The van der Waals surface area contributed by atoms with Gasteiger partial charge in [-0.2, -0.15) is 5.10 Å². The highest BCUT2D eigenvalue weighted by Gasteiger charge is 2.19. The second-order valence-electron chi connectivity index (χ2n) is 6.94. The quantitative estimate of drug-likeness (QED) is 0.607. The van der Waals surface area contributed by atoms with Gasteiger partial charge in [-0.15, -0.1) is 11.8 Å². The third-order valence-electron chi connectivity index (χ3n) is 2.51. The zero-order valence-electron chi connectivity index (χ0n) is 14.0. The first-order valence-electron chi connectivity index (χ1n) is 7.11. The van der Waals surface area contributed by atoms with Crippen molar-refractivity contribution in [3.05, 3.63) is 33.7 Å². The fourth-order valence-electron chi connectivity index (χ4n) is 1.50. The Bertz CT molecular complexity index is 667. The highest BCUT2D eigenvalue weighted by atomic mass is 35.5. The van der Waals surface area contributed by atoms with Crippen molar-refractivity contribution in [2.45, 2.75) is 52.0 Å². The van der Waals surface area contributed by atoms with Crippen molar-refractivity contribution in [2.24, 2.45) is 5.41 Å². The number of hydrogen-bond donors (Lipinski definition) is 0. The second-order valence-corrected chi connectivity index (χ2v) is 8.38. The summed E-state index contributed by atoms with van der Waals surface area (Å²) in [6.45, 7) is 12.0. The number of rotatable bonds is 3. The lowest BCUT2D eigenvalue weighted by molar-refractivity contribution is 0.336. The molecule has 0 fully saturated rings. The summed E-state index contributed by atoms with van der Waals surface area (Å²) in [7, 11) is 0. The SMILES string of the molecule is CC(C)(C)C#CC=CCSc1cnn(C(C)(C)C)c(=O)c1Cl. The van der Waals surface area contributed by atoms with E-state index in [4.69, 9.17) is 11.6 Å². The minimum atomic E-state index is -0.383. The van der Waals surface area contributed by atoms with Crippen LogP contribution in [0.3, 0.4) is 0 Å². The van der Waals surface area contributed by atoms with Gasteiger partial charge in [-0.1, -0.05) is 29.5 Å². The summed E-state index contributed by atoms with van der Waals surface area (Å²) in [6.07, 6.45) is 5.43. The molecule has 0 aromatic carbocycles. The third-order valence-corrected chi connectivity index (χ3v) is 3.96. The monoisotopic (exact) mass is 338 g/mol. The van der Waals surface area contributed by atoms with E-state index in [9.17, 15) is 4.79 Å². The largest absolute Gasteiger partial charge is 0.287 e. The molecule has 0 radical (unpaired) electrons. The van der Waals surface area contributed by atoms with Crippen LogP contribution in [0.1, 0.15) is 41.5 Å². The Hall–Kier alpha value is -1.18. The molecule has 22 heavy (non-hydrogen) atoms. The molecule has 0 aliphatic carbocycles. The molecule has 0 spiro atoms. The first-order chi connectivity index (χ1) is 10.0. The van der Waals surface area contributed by atoms with E-state index in [0.717, 1.165) is 0 Å². The molecule has 120 valence electrons. The van der Waals surface area contributed by atoms with E-state index in [1.165, 1.54) is 16.4 Å². The van der Waals surface area contributed by atoms with Gasteiger partial charge in [0.1, 0.15) is 5.02 Å². The molecule has 0 bridgehead atoms. The molecular formula is C17H23ClN2OS. The zero-order valence-corrected chi connectivity index (χ0v) is 15.6. The van der Waals surface area contributed by atoms with Crippen molar-refractivity contribution in [1.82, 2.24) is 9.78 Å². The van der Waals surface area contributed by atoms with Gasteiger partial charge in [0.25, 0.3) is 5.56 Å². The van der Waals surface area contributed by atoms with Gasteiger partial charge in [0, 0.05) is 11.2 Å². The van der Waals surface area contributed by atoms with Crippen LogP contribution in [0, 0.1) is 17.3 Å². The summed E-state index contributed by atoms with van der Waals surface area (Å²) in [4.78, 5) is 12.9. The molecule has 0 atom stereocenters. The van der Waals surface area contributed by atoms with Gasteiger partial charge in [-0.3, -0.25) is 4.79 Å². The zero-order chi connectivity index (χ0) is 17.0. The molecule has 5 heteroatoms. The van der Waals surface area contributed by atoms with E-state index < -0.39 is 0 Å². The van der Waals surface area contributed by atoms with E-state index in [0.29, 0.717) is 10.6 Å². The molecule has 0 saturated heterocycles. The fraction of sp³-hybridized carbons (Fsp3) is 0.529. The van der Waals surface area contributed by atoms with Crippen LogP contribution in [0.5, 0.6) is 0 Å². The number of hydrogen-bond acceptors (Lipinski definition) is 3. The Labute approximate surface area is 142 Å². The lowest BCUT2D eigenvalue weighted by Crippen LogP contribution is -2.36. The Balaban J connectivity index is 2.76. The van der Waals surface area contributed by atoms with Crippen LogP contribution in [0.2, 0.25) is 5.02 Å². The van der Waals surface area contributed by atoms with Crippen LogP contribution in [0.4, 0.5) is 0 Å². The smallest absolute Gasteiger partial charge is 0.266 e. The normalized spacial score (nSPS) is 12.3. The van der Waals surface area contributed by atoms with Gasteiger partial charge in [-0.05, 0) is 47.6 Å². The van der Waals surface area contributed by atoms with Crippen LogP contribution in [0.15, 0.2) is 28.0 Å². The maximum Gasteiger partial charge on any atom is 0.287 e. The van der Waals surface area contributed by atoms with Gasteiger partial charge in [0.05, 0.1) is 16.6 Å². The van der Waals surface area contributed by atoms with E-state index in [1.54, 1.807) is 6.20 Å². The fourth-order valence-corrected chi connectivity index (χ4v) is 2.50. The van der Waals surface area contributed by atoms with Gasteiger partial charge in [0.15, 0.2) is 0 Å². The maximum absolute atomic E-state index is 12.2. The molecule has 1 heterocycles. The Morgan fingerprint density at radius 1 is 1.32 bits per heavy atom. The molecule has 1 aromatic heterocycles. The van der Waals surface area contributed by atoms with Crippen molar-refractivity contribution in [2.75, 3.05) is 5.75 Å². The highest BCUT2D eigenvalue weighted by molar-refractivity contribution is 7.99. The molecule has 0 aliphatic rings. The molecule has 0 N–H and O–H groups in total. The Morgan fingerprint density at radius 3 is 2.50 bits per heavy atom. The third kappa shape index (κ3) is 5.90. The van der Waals surface area contributed by atoms with Crippen molar-refractivity contribution < 1.29 is 0 Å². The van der Waals surface area contributed by atoms with E-state index in [2.05, 4.69) is 37.7 Å². The van der Waals surface area contributed by atoms with Gasteiger partial charge in [0.2, 0.25) is 0 Å². The van der Waals surface area contributed by atoms with Crippen LogP contribution in [0.25, 0.3) is 0 Å². The predicted octanol–water partition coefficient (Wildman–Crippen LogP) is 4.35. The first-order valence-corrected chi connectivity index (χ1v) is 8.47. The van der Waals surface area contributed by atoms with Crippen LogP contribution in [-0.4, -0.2) is 15.5 Å². The van der Waals surface area contributed by atoms with Gasteiger partial charge in [-0.25, -0.2) is 4.68 Å². The molecule has 0 saturated carbocycles. The van der Waals surface area contributed by atoms with Crippen LogP contribution in [-0.2, 0) is 5.54 Å². The summed E-state index contributed by atoms with van der Waals surface area (Å²) in [5, 5.41) is 4.43. The number of thioether (sulfide) groups is 1. The standard InChI is InChI=1S/C17H23ClN2OS/c1-16(2,3)10-8-7-9-11-22-13-12-19-20(17(4,5)6)15(21)14(13)18/h7,9,12H,11H2,1-6H3. The lowest BCUT2D eigenvalue weighted by Gasteiger charge is -2.20. The van der Waals surface area contributed by atoms with Crippen molar-refractivity contribution in [3.63, 3.8) is 0 Å². The topological polar surface area (TPSA) is 34.9 Å². The average molecular weight is 339 g/mol. The van der Waals surface area contributed by atoms with Crippen molar-refractivity contribution in [1.29, 1.82) is 0 Å². The maximum atomic E-state index is 12.2. The molecule has 0 aliphatic heterocycles. The number of allylic oxidation sites excluding steroid dienone is 1. The van der Waals surface area contributed by atoms with E-state index in [1.807, 2.05) is 32.9 Å². The minimum absolute atomic E-state index is 0.00216. The summed E-state index contributed by atoms with van der Waals surface area (Å²) >= 11 is 7.63. The van der Waals surface area contributed by atoms with Crippen LogP contribution < -0.4 is 5.56 Å². The predicted molar refractivity (Wildman–Crippen MR) is 95.6 cm³/mol. The molecule has 0 unspecified atom stereocenters. The van der Waals surface area contributed by atoms with Crippen molar-refractivity contribution >= 4 is 23.4 Å². The van der Waals surface area contributed by atoms with E-state index >= 15 is 0 Å². The number of nitrogens with zero attached hydrogens (tertiary/aromatic N) is 2. The average Bonchev–Trinajstić information content (AvgIpc) is 2.35. The molecule has 0 amide bonds. The van der Waals surface area contributed by atoms with Crippen LogP contribution >= 0.6 is 23.4 Å². The van der Waals surface area contributed by atoms with Gasteiger partial charge >= 0.3 is 0 Å². The highest BCUT2D eigenvalue weighted by Crippen LogP contribution is 2.24. The summed E-state index contributed by atoms with van der Waals surface area (Å²) in [5.41, 5.74) is -0.634. The van der Waals surface area contributed by atoms with Gasteiger partial charge < -0.3 is 0 Å². The Morgan fingerprint density at radius 2 is 1.95 bits per heavy atom. The lowest BCUT2D eigenvalue weighted by atomic mass is 9.98. The minimum Gasteiger partial charge on any atom is -0.266 e. The molecule has 1 rings (SSSR count). The van der Waals surface area contributed by atoms with E-state index in [-0.39, 0.29) is 21.5 Å².